The minimum absolute atomic E-state index is 0.206. The third-order valence-electron chi connectivity index (χ3n) is 6.78. The van der Waals surface area contributed by atoms with Crippen molar-refractivity contribution < 1.29 is 13.2 Å². The van der Waals surface area contributed by atoms with Crippen LogP contribution in [0.4, 0.5) is 16.3 Å². The molecule has 0 spiro atoms. The number of benzene rings is 3. The lowest BCUT2D eigenvalue weighted by Crippen LogP contribution is -2.39. The summed E-state index contributed by atoms with van der Waals surface area (Å²) in [5.74, 6) is 0.995. The van der Waals surface area contributed by atoms with Gasteiger partial charge in [-0.1, -0.05) is 69.3 Å². The number of aromatic nitrogens is 2. The molecule has 9 heteroatoms. The van der Waals surface area contributed by atoms with E-state index in [1.807, 2.05) is 72.8 Å². The first-order valence-corrected chi connectivity index (χ1v) is 14.6. The van der Waals surface area contributed by atoms with Crippen LogP contribution in [0.25, 0.3) is 16.5 Å². The molecule has 0 radical (unpaired) electrons. The van der Waals surface area contributed by atoms with E-state index in [9.17, 15) is 13.2 Å². The minimum atomic E-state index is -2.90. The van der Waals surface area contributed by atoms with E-state index in [4.69, 9.17) is 5.10 Å². The molecule has 4 aromatic rings. The molecule has 0 unspecified atom stereocenters. The van der Waals surface area contributed by atoms with Gasteiger partial charge in [-0.25, -0.2) is 17.9 Å². The highest BCUT2D eigenvalue weighted by atomic mass is 32.2. The maximum absolute atomic E-state index is 13.1. The van der Waals surface area contributed by atoms with E-state index in [1.54, 1.807) is 4.68 Å². The lowest BCUT2D eigenvalue weighted by atomic mass is 9.92. The normalized spacial score (nSPS) is 15.9. The van der Waals surface area contributed by atoms with Gasteiger partial charge in [-0.15, -0.1) is 0 Å². The van der Waals surface area contributed by atoms with Gasteiger partial charge >= 0.3 is 6.03 Å². The summed E-state index contributed by atoms with van der Waals surface area (Å²) < 4.78 is 25.2. The molecule has 0 atom stereocenters. The van der Waals surface area contributed by atoms with E-state index >= 15 is 0 Å². The highest BCUT2D eigenvalue weighted by molar-refractivity contribution is 7.91. The van der Waals surface area contributed by atoms with Crippen LogP contribution in [0.5, 0.6) is 0 Å². The summed E-state index contributed by atoms with van der Waals surface area (Å²) in [5.41, 5.74) is 3.31. The van der Waals surface area contributed by atoms with E-state index in [0.717, 1.165) is 33.4 Å². The average molecular weight is 532 g/mol. The second-order valence-electron chi connectivity index (χ2n) is 10.8. The SMILES string of the molecule is CC(C)(C)c1cc(NC(=O)Nc2cccc3ccccc23)n(-c2ccc(CN3CCS(=O)(=O)CC3)cc2)n1. The molecule has 38 heavy (non-hydrogen) atoms. The Morgan fingerprint density at radius 3 is 2.32 bits per heavy atom. The van der Waals surface area contributed by atoms with Crippen molar-refractivity contribution in [3.05, 3.63) is 84.1 Å². The predicted octanol–water partition coefficient (Wildman–Crippen LogP) is 5.20. The summed E-state index contributed by atoms with van der Waals surface area (Å²) in [5, 5.41) is 12.8. The van der Waals surface area contributed by atoms with Crippen LogP contribution in [-0.2, 0) is 21.8 Å². The van der Waals surface area contributed by atoms with Crippen molar-refractivity contribution >= 4 is 38.1 Å². The fourth-order valence-electron chi connectivity index (χ4n) is 4.55. The first-order valence-electron chi connectivity index (χ1n) is 12.8. The van der Waals surface area contributed by atoms with Crippen LogP contribution in [-0.4, -0.2) is 53.7 Å². The molecule has 2 heterocycles. The average Bonchev–Trinajstić information content (AvgIpc) is 3.30. The minimum Gasteiger partial charge on any atom is -0.307 e. The summed E-state index contributed by atoms with van der Waals surface area (Å²) in [6.45, 7) is 8.06. The zero-order valence-electron chi connectivity index (χ0n) is 21.9. The molecule has 3 aromatic carbocycles. The first kappa shape index (κ1) is 25.9. The molecule has 1 aromatic heterocycles. The monoisotopic (exact) mass is 531 g/mol. The van der Waals surface area contributed by atoms with Gasteiger partial charge in [-0.2, -0.15) is 5.10 Å². The fourth-order valence-corrected chi connectivity index (χ4v) is 5.82. The highest BCUT2D eigenvalue weighted by Gasteiger charge is 2.23. The van der Waals surface area contributed by atoms with Crippen LogP contribution in [0.3, 0.4) is 0 Å². The molecular weight excluding hydrogens is 498 g/mol. The van der Waals surface area contributed by atoms with Gasteiger partial charge in [-0.3, -0.25) is 10.2 Å². The zero-order chi connectivity index (χ0) is 26.9. The van der Waals surface area contributed by atoms with Gasteiger partial charge in [-0.05, 0) is 29.1 Å². The lowest BCUT2D eigenvalue weighted by molar-refractivity contribution is 0.262. The van der Waals surface area contributed by atoms with Gasteiger partial charge in [0.2, 0.25) is 0 Å². The highest BCUT2D eigenvalue weighted by Crippen LogP contribution is 2.28. The van der Waals surface area contributed by atoms with Crippen LogP contribution in [0.2, 0.25) is 0 Å². The number of nitrogens with zero attached hydrogens (tertiary/aromatic N) is 3. The molecule has 198 valence electrons. The standard InChI is InChI=1S/C29H33N5O3S/c1-29(2,3)26-19-27(31-28(35)30-25-10-6-8-22-7-4-5-9-24(22)25)34(32-26)23-13-11-21(12-14-23)20-33-15-17-38(36,37)18-16-33/h4-14,19H,15-18,20H2,1-3H3,(H2,30,31,35). The van der Waals surface area contributed by atoms with Gasteiger partial charge < -0.3 is 5.32 Å². The number of carbonyl (C=O) groups excluding carboxylic acids is 1. The number of anilines is 2. The second kappa shape index (κ2) is 10.2. The van der Waals surface area contributed by atoms with Crippen molar-refractivity contribution in [1.29, 1.82) is 0 Å². The fraction of sp³-hybridized carbons (Fsp3) is 0.310. The molecule has 5 rings (SSSR count). The molecule has 1 aliphatic heterocycles. The Labute approximate surface area is 223 Å². The van der Waals surface area contributed by atoms with Gasteiger partial charge in [0.15, 0.2) is 9.84 Å². The maximum Gasteiger partial charge on any atom is 0.324 e. The topological polar surface area (TPSA) is 96.3 Å². The number of carbonyl (C=O) groups is 1. The molecule has 8 nitrogen and oxygen atoms in total. The van der Waals surface area contributed by atoms with Crippen LogP contribution in [0.1, 0.15) is 32.0 Å². The molecule has 1 saturated heterocycles. The number of fused-ring (bicyclic) bond motifs is 1. The van der Waals surface area contributed by atoms with E-state index < -0.39 is 9.84 Å². The van der Waals surface area contributed by atoms with Crippen LogP contribution in [0, 0.1) is 0 Å². The van der Waals surface area contributed by atoms with Crippen molar-refractivity contribution in [1.82, 2.24) is 14.7 Å². The van der Waals surface area contributed by atoms with Crippen molar-refractivity contribution in [2.75, 3.05) is 35.2 Å². The molecular formula is C29H33N5O3S. The van der Waals surface area contributed by atoms with Gasteiger partial charge in [0.1, 0.15) is 5.82 Å². The number of hydrogen-bond acceptors (Lipinski definition) is 5. The summed E-state index contributed by atoms with van der Waals surface area (Å²) in [6.07, 6.45) is 0. The Morgan fingerprint density at radius 1 is 0.921 bits per heavy atom. The molecule has 0 saturated carbocycles. The van der Waals surface area contributed by atoms with Gasteiger partial charge in [0.05, 0.1) is 28.6 Å². The summed E-state index contributed by atoms with van der Waals surface area (Å²) in [7, 11) is -2.90. The Hall–Kier alpha value is -3.69. The first-order chi connectivity index (χ1) is 18.1. The lowest BCUT2D eigenvalue weighted by Gasteiger charge is -2.26. The maximum atomic E-state index is 13.1. The molecule has 2 N–H and O–H groups in total. The molecule has 2 amide bonds. The number of urea groups is 1. The smallest absolute Gasteiger partial charge is 0.307 e. The number of amides is 2. The van der Waals surface area contributed by atoms with Crippen molar-refractivity contribution in [3.63, 3.8) is 0 Å². The van der Waals surface area contributed by atoms with E-state index in [0.29, 0.717) is 25.5 Å². The van der Waals surface area contributed by atoms with E-state index in [1.165, 1.54) is 0 Å². The molecule has 0 bridgehead atoms. The molecule has 1 fully saturated rings. The predicted molar refractivity (Wildman–Crippen MR) is 153 cm³/mol. The number of hydrogen-bond donors (Lipinski definition) is 2. The van der Waals surface area contributed by atoms with Crippen LogP contribution >= 0.6 is 0 Å². The Balaban J connectivity index is 1.35. The number of nitrogens with one attached hydrogen (secondary N) is 2. The third kappa shape index (κ3) is 5.89. The quantitative estimate of drug-likeness (QED) is 0.369. The molecule has 1 aliphatic rings. The molecule has 0 aliphatic carbocycles. The Bertz CT molecular complexity index is 1550. The number of sulfone groups is 1. The van der Waals surface area contributed by atoms with Crippen molar-refractivity contribution in [3.8, 4) is 5.69 Å². The van der Waals surface area contributed by atoms with Crippen molar-refractivity contribution in [2.24, 2.45) is 0 Å². The Kier molecular flexibility index (Phi) is 6.98. The summed E-state index contributed by atoms with van der Waals surface area (Å²) in [4.78, 5) is 15.2. The van der Waals surface area contributed by atoms with Crippen LogP contribution in [0.15, 0.2) is 72.8 Å². The van der Waals surface area contributed by atoms with Crippen molar-refractivity contribution in [2.45, 2.75) is 32.7 Å². The van der Waals surface area contributed by atoms with E-state index in [-0.39, 0.29) is 23.0 Å². The van der Waals surface area contributed by atoms with Gasteiger partial charge in [0, 0.05) is 36.5 Å². The van der Waals surface area contributed by atoms with E-state index in [2.05, 4.69) is 36.3 Å². The zero-order valence-corrected chi connectivity index (χ0v) is 22.8. The third-order valence-corrected chi connectivity index (χ3v) is 8.39. The summed E-state index contributed by atoms with van der Waals surface area (Å²) >= 11 is 0. The van der Waals surface area contributed by atoms with Gasteiger partial charge in [0.25, 0.3) is 0 Å². The second-order valence-corrected chi connectivity index (χ2v) is 13.1. The summed E-state index contributed by atoms with van der Waals surface area (Å²) in [6, 6.07) is 23.3. The number of rotatable bonds is 5. The largest absolute Gasteiger partial charge is 0.324 e. The Morgan fingerprint density at radius 2 is 1.61 bits per heavy atom. The van der Waals surface area contributed by atoms with Crippen LogP contribution < -0.4 is 10.6 Å².